The van der Waals surface area contributed by atoms with Crippen LogP contribution in [-0.4, -0.2) is 32.5 Å². The molecule has 1 aliphatic carbocycles. The third kappa shape index (κ3) is 4.20. The average molecular weight is 426 g/mol. The molecule has 0 spiro atoms. The fourth-order valence-electron chi connectivity index (χ4n) is 4.82. The lowest BCUT2D eigenvalue weighted by atomic mass is 9.96. The van der Waals surface area contributed by atoms with Crippen LogP contribution in [0.1, 0.15) is 49.1 Å². The largest absolute Gasteiger partial charge is 0.375 e. The van der Waals surface area contributed by atoms with Crippen molar-refractivity contribution in [3.05, 3.63) is 77.9 Å². The van der Waals surface area contributed by atoms with Gasteiger partial charge in [-0.15, -0.1) is 0 Å². The summed E-state index contributed by atoms with van der Waals surface area (Å²) in [5, 5.41) is 4.86. The number of hydrogen-bond donors (Lipinski definition) is 1. The zero-order valence-corrected chi connectivity index (χ0v) is 19.0. The van der Waals surface area contributed by atoms with Crippen LogP contribution in [0.5, 0.6) is 0 Å². The highest BCUT2D eigenvalue weighted by Gasteiger charge is 2.16. The number of rotatable bonds is 3. The van der Waals surface area contributed by atoms with Gasteiger partial charge in [0.15, 0.2) is 0 Å². The molecule has 164 valence electrons. The summed E-state index contributed by atoms with van der Waals surface area (Å²) in [5.41, 5.74) is 5.89. The number of aryl methyl sites for hydroxylation is 1. The number of benzene rings is 1. The summed E-state index contributed by atoms with van der Waals surface area (Å²) in [4.78, 5) is 11.5. The summed E-state index contributed by atoms with van der Waals surface area (Å²) in [7, 11) is 2.12. The van der Waals surface area contributed by atoms with Crippen LogP contribution in [0, 0.1) is 6.92 Å². The van der Waals surface area contributed by atoms with Gasteiger partial charge in [-0.3, -0.25) is 0 Å². The zero-order chi connectivity index (χ0) is 21.9. The minimum Gasteiger partial charge on any atom is -0.375 e. The highest BCUT2D eigenvalue weighted by Crippen LogP contribution is 2.28. The smallest absolute Gasteiger partial charge is 0.223 e. The van der Waals surface area contributed by atoms with E-state index in [4.69, 9.17) is 4.98 Å². The molecule has 1 N–H and O–H groups in total. The van der Waals surface area contributed by atoms with Crippen molar-refractivity contribution in [1.82, 2.24) is 19.4 Å². The first-order valence-electron chi connectivity index (χ1n) is 11.6. The normalized spacial score (nSPS) is 19.9. The first-order valence-corrected chi connectivity index (χ1v) is 11.6. The van der Waals surface area contributed by atoms with Gasteiger partial charge in [0.2, 0.25) is 5.95 Å². The summed E-state index contributed by atoms with van der Waals surface area (Å²) in [6, 6.07) is 11.1. The number of anilines is 1. The van der Waals surface area contributed by atoms with E-state index in [1.165, 1.54) is 54.3 Å². The van der Waals surface area contributed by atoms with E-state index < -0.39 is 0 Å². The Kier molecular flexibility index (Phi) is 5.80. The number of hydrogen-bond acceptors (Lipinski definition) is 4. The lowest BCUT2D eigenvalue weighted by Gasteiger charge is -2.22. The van der Waals surface area contributed by atoms with Crippen molar-refractivity contribution in [3.8, 4) is 0 Å². The van der Waals surface area contributed by atoms with Crippen LogP contribution >= 0.6 is 0 Å². The van der Waals surface area contributed by atoms with Crippen LogP contribution in [0.3, 0.4) is 0 Å². The summed E-state index contributed by atoms with van der Waals surface area (Å²) >= 11 is 0. The molecule has 5 nitrogen and oxygen atoms in total. The maximum absolute atomic E-state index is 4.84. The van der Waals surface area contributed by atoms with Gasteiger partial charge in [-0.25, -0.2) is 9.97 Å². The Balaban J connectivity index is 1.48. The van der Waals surface area contributed by atoms with E-state index in [1.54, 1.807) is 0 Å². The molecule has 3 aromatic rings. The summed E-state index contributed by atoms with van der Waals surface area (Å²) < 4.78 is 2.31. The number of para-hydroxylation sites is 1. The van der Waals surface area contributed by atoms with Gasteiger partial charge in [0.05, 0.1) is 17.8 Å². The molecule has 0 bridgehead atoms. The Bertz CT molecular complexity index is 1190. The van der Waals surface area contributed by atoms with E-state index >= 15 is 0 Å². The van der Waals surface area contributed by atoms with Crippen molar-refractivity contribution in [2.75, 3.05) is 12.4 Å². The number of aromatic nitrogens is 3. The van der Waals surface area contributed by atoms with Crippen molar-refractivity contribution in [2.45, 2.75) is 51.6 Å². The second-order valence-electron chi connectivity index (χ2n) is 8.90. The molecule has 0 amide bonds. The van der Waals surface area contributed by atoms with Gasteiger partial charge >= 0.3 is 0 Å². The van der Waals surface area contributed by atoms with Gasteiger partial charge in [0.25, 0.3) is 0 Å². The fraction of sp³-hybridized carbons (Fsp3) is 0.333. The van der Waals surface area contributed by atoms with Gasteiger partial charge in [-0.2, -0.15) is 0 Å². The molecule has 0 unspecified atom stereocenters. The fourth-order valence-corrected chi connectivity index (χ4v) is 4.82. The third-order valence-corrected chi connectivity index (χ3v) is 6.60. The van der Waals surface area contributed by atoms with Gasteiger partial charge < -0.3 is 14.8 Å². The monoisotopic (exact) mass is 425 g/mol. The predicted octanol–water partition coefficient (Wildman–Crippen LogP) is 6.00. The standard InChI is InChI=1S/C27H31N5/c1-20-23-12-6-7-13-25(23)32-17-8-9-21(15-18-31(2)19-26(20)32)24-14-16-28-27(30-24)29-22-10-4-3-5-11-22/h6-9,12-18,22H,3-5,10-11,19H2,1-2H3,(H,28,29,30)/b17-8?,18-15-,21-9+. The van der Waals surface area contributed by atoms with E-state index in [-0.39, 0.29) is 0 Å². The SMILES string of the molecule is Cc1c2n(c3ccccc13)C=C/C=C(c1ccnc(NC3CCCCC3)n1)\C=C/N(C)C2. The van der Waals surface area contributed by atoms with E-state index in [0.717, 1.165) is 23.8 Å². The Morgan fingerprint density at radius 1 is 1.03 bits per heavy atom. The zero-order valence-electron chi connectivity index (χ0n) is 19.0. The molecular formula is C27H31N5. The summed E-state index contributed by atoms with van der Waals surface area (Å²) in [5.74, 6) is 0.729. The van der Waals surface area contributed by atoms with E-state index in [0.29, 0.717) is 6.04 Å². The average Bonchev–Trinajstić information content (AvgIpc) is 3.08. The van der Waals surface area contributed by atoms with Crippen LogP contribution in [-0.2, 0) is 6.54 Å². The van der Waals surface area contributed by atoms with Crippen molar-refractivity contribution < 1.29 is 0 Å². The molecule has 0 saturated heterocycles. The molecule has 5 heteroatoms. The number of fused-ring (bicyclic) bond motifs is 3. The molecule has 0 atom stereocenters. The Hall–Kier alpha value is -3.34. The third-order valence-electron chi connectivity index (χ3n) is 6.60. The quantitative estimate of drug-likeness (QED) is 0.559. The van der Waals surface area contributed by atoms with Crippen molar-refractivity contribution >= 4 is 28.6 Å². The van der Waals surface area contributed by atoms with Crippen LogP contribution in [0.2, 0.25) is 0 Å². The predicted molar refractivity (Wildman–Crippen MR) is 133 cm³/mol. The maximum Gasteiger partial charge on any atom is 0.223 e. The van der Waals surface area contributed by atoms with E-state index in [1.807, 2.05) is 12.3 Å². The van der Waals surface area contributed by atoms with Crippen molar-refractivity contribution in [2.24, 2.45) is 0 Å². The molecule has 1 fully saturated rings. The molecule has 2 aromatic heterocycles. The topological polar surface area (TPSA) is 46.0 Å². The van der Waals surface area contributed by atoms with Crippen LogP contribution in [0.15, 0.2) is 61.0 Å². The van der Waals surface area contributed by atoms with Gasteiger partial charge in [0.1, 0.15) is 0 Å². The van der Waals surface area contributed by atoms with Crippen molar-refractivity contribution in [1.29, 1.82) is 0 Å². The second kappa shape index (κ2) is 9.03. The first kappa shape index (κ1) is 20.6. The molecule has 0 radical (unpaired) electrons. The van der Waals surface area contributed by atoms with Gasteiger partial charge in [0, 0.05) is 42.1 Å². The highest BCUT2D eigenvalue weighted by molar-refractivity contribution is 5.87. The highest BCUT2D eigenvalue weighted by atomic mass is 15.1. The Morgan fingerprint density at radius 3 is 2.75 bits per heavy atom. The Labute approximate surface area is 190 Å². The number of allylic oxidation sites excluding steroid dienone is 4. The van der Waals surface area contributed by atoms with Gasteiger partial charge in [-0.1, -0.05) is 43.5 Å². The molecule has 1 aromatic carbocycles. The molecule has 3 heterocycles. The van der Waals surface area contributed by atoms with E-state index in [2.05, 4.69) is 88.6 Å². The number of nitrogens with one attached hydrogen (secondary N) is 1. The molecule has 1 saturated carbocycles. The Morgan fingerprint density at radius 2 is 1.88 bits per heavy atom. The molecule has 5 rings (SSSR count). The molecule has 32 heavy (non-hydrogen) atoms. The van der Waals surface area contributed by atoms with Crippen LogP contribution in [0.4, 0.5) is 5.95 Å². The second-order valence-corrected chi connectivity index (χ2v) is 8.90. The summed E-state index contributed by atoms with van der Waals surface area (Å²) in [6.07, 6.45) is 18.9. The lowest BCUT2D eigenvalue weighted by Crippen LogP contribution is -2.23. The first-order chi connectivity index (χ1) is 15.7. The van der Waals surface area contributed by atoms with Crippen LogP contribution in [0.25, 0.3) is 22.7 Å². The lowest BCUT2D eigenvalue weighted by molar-refractivity contribution is 0.441. The van der Waals surface area contributed by atoms with Crippen molar-refractivity contribution in [3.63, 3.8) is 0 Å². The minimum atomic E-state index is 0.488. The summed E-state index contributed by atoms with van der Waals surface area (Å²) in [6.45, 7) is 3.06. The van der Waals surface area contributed by atoms with Gasteiger partial charge in [-0.05, 0) is 55.8 Å². The molecule has 1 aliphatic heterocycles. The minimum absolute atomic E-state index is 0.488. The molecule has 2 aliphatic rings. The maximum atomic E-state index is 4.84. The van der Waals surface area contributed by atoms with Crippen LogP contribution < -0.4 is 5.32 Å². The number of nitrogens with zero attached hydrogens (tertiary/aromatic N) is 4. The van der Waals surface area contributed by atoms with E-state index in [9.17, 15) is 0 Å². The molecular weight excluding hydrogens is 394 g/mol.